The number of nitro groups is 1. The van der Waals surface area contributed by atoms with Crippen molar-refractivity contribution in [3.8, 4) is 6.07 Å². The number of non-ortho nitro benzene ring substituents is 1. The molecule has 8 heteroatoms. The Balaban J connectivity index is 1.90. The smallest absolute Gasteiger partial charge is 0.269 e. The molecule has 0 saturated heterocycles. The van der Waals surface area contributed by atoms with Gasteiger partial charge in [-0.1, -0.05) is 12.1 Å². The minimum Gasteiger partial charge on any atom is -0.366 e. The van der Waals surface area contributed by atoms with Crippen LogP contribution in [-0.4, -0.2) is 20.4 Å². The molecule has 1 aromatic heterocycles. The number of hydrogen-bond acceptors (Lipinski definition) is 5. The van der Waals surface area contributed by atoms with Gasteiger partial charge in [0.2, 0.25) is 5.91 Å². The second kappa shape index (κ2) is 7.49. The Morgan fingerprint density at radius 1 is 1.26 bits per heavy atom. The molecule has 134 valence electrons. The number of carbonyl (C=O) groups excluding carboxylic acids is 1. The quantitative estimate of drug-likeness (QED) is 0.532. The SMILES string of the molecule is N#Cc1ccc(Cn2cncc2Cc2cc([N+](=O)[O-])ccc2C(N)=O)cc1. The Hall–Kier alpha value is -3.99. The monoisotopic (exact) mass is 361 g/mol. The number of carbonyl (C=O) groups is 1. The molecule has 0 aliphatic rings. The standard InChI is InChI=1S/C19H15N5O3/c20-9-13-1-3-14(4-2-13)11-23-12-22-10-17(23)8-15-7-16(24(26)27)5-6-18(15)19(21)25/h1-7,10,12H,8,11H2,(H2,21,25). The molecule has 1 amide bonds. The van der Waals surface area contributed by atoms with Gasteiger partial charge in [0, 0.05) is 42.6 Å². The van der Waals surface area contributed by atoms with Crippen LogP contribution in [0.1, 0.15) is 32.7 Å². The lowest BCUT2D eigenvalue weighted by molar-refractivity contribution is -0.384. The highest BCUT2D eigenvalue weighted by atomic mass is 16.6. The van der Waals surface area contributed by atoms with Crippen molar-refractivity contribution in [2.24, 2.45) is 5.73 Å². The van der Waals surface area contributed by atoms with E-state index in [0.717, 1.165) is 11.3 Å². The van der Waals surface area contributed by atoms with E-state index in [1.165, 1.54) is 18.2 Å². The molecule has 0 spiro atoms. The van der Waals surface area contributed by atoms with Crippen molar-refractivity contribution in [2.75, 3.05) is 0 Å². The van der Waals surface area contributed by atoms with Crippen molar-refractivity contribution in [2.45, 2.75) is 13.0 Å². The van der Waals surface area contributed by atoms with Crippen LogP contribution < -0.4 is 5.73 Å². The summed E-state index contributed by atoms with van der Waals surface area (Å²) >= 11 is 0. The van der Waals surface area contributed by atoms with Gasteiger partial charge in [0.15, 0.2) is 0 Å². The molecule has 0 unspecified atom stereocenters. The lowest BCUT2D eigenvalue weighted by Gasteiger charge is -2.11. The van der Waals surface area contributed by atoms with E-state index in [2.05, 4.69) is 11.1 Å². The first kappa shape index (κ1) is 17.8. The number of nitro benzene ring substituents is 1. The maximum atomic E-state index is 11.7. The summed E-state index contributed by atoms with van der Waals surface area (Å²) in [7, 11) is 0. The zero-order valence-electron chi connectivity index (χ0n) is 14.2. The normalized spacial score (nSPS) is 10.3. The van der Waals surface area contributed by atoms with E-state index >= 15 is 0 Å². The molecular weight excluding hydrogens is 346 g/mol. The summed E-state index contributed by atoms with van der Waals surface area (Å²) in [6.45, 7) is 0.516. The number of rotatable bonds is 6. The molecule has 0 fully saturated rings. The Morgan fingerprint density at radius 2 is 2.00 bits per heavy atom. The van der Waals surface area contributed by atoms with E-state index in [9.17, 15) is 14.9 Å². The molecule has 1 heterocycles. The van der Waals surface area contributed by atoms with Crippen LogP contribution >= 0.6 is 0 Å². The number of imidazole rings is 1. The first-order valence-corrected chi connectivity index (χ1v) is 8.03. The van der Waals surface area contributed by atoms with Crippen molar-refractivity contribution >= 4 is 11.6 Å². The number of hydrogen-bond donors (Lipinski definition) is 1. The van der Waals surface area contributed by atoms with Crippen LogP contribution in [0.15, 0.2) is 55.0 Å². The lowest BCUT2D eigenvalue weighted by Crippen LogP contribution is -2.15. The first-order chi connectivity index (χ1) is 13.0. The Morgan fingerprint density at radius 3 is 2.63 bits per heavy atom. The molecule has 2 aromatic carbocycles. The molecule has 0 atom stereocenters. The Labute approximate surface area is 154 Å². The lowest BCUT2D eigenvalue weighted by atomic mass is 10.0. The Kier molecular flexibility index (Phi) is 4.95. The predicted molar refractivity (Wildman–Crippen MR) is 96.9 cm³/mol. The Bertz CT molecular complexity index is 1050. The number of nitrogens with zero attached hydrogens (tertiary/aromatic N) is 4. The molecule has 0 bridgehead atoms. The highest BCUT2D eigenvalue weighted by Crippen LogP contribution is 2.21. The van der Waals surface area contributed by atoms with Crippen molar-refractivity contribution in [1.82, 2.24) is 9.55 Å². The highest BCUT2D eigenvalue weighted by molar-refractivity contribution is 5.94. The number of benzene rings is 2. The third-order valence-corrected chi connectivity index (χ3v) is 4.17. The van der Waals surface area contributed by atoms with Crippen molar-refractivity contribution in [3.05, 3.63) is 93.1 Å². The third kappa shape index (κ3) is 3.99. The van der Waals surface area contributed by atoms with Crippen LogP contribution in [0.3, 0.4) is 0 Å². The highest BCUT2D eigenvalue weighted by Gasteiger charge is 2.16. The summed E-state index contributed by atoms with van der Waals surface area (Å²) in [6.07, 6.45) is 3.57. The summed E-state index contributed by atoms with van der Waals surface area (Å²) < 4.78 is 1.88. The van der Waals surface area contributed by atoms with Gasteiger partial charge in [0.25, 0.3) is 5.69 Å². The first-order valence-electron chi connectivity index (χ1n) is 8.03. The van der Waals surface area contributed by atoms with Crippen LogP contribution in [0.25, 0.3) is 0 Å². The largest absolute Gasteiger partial charge is 0.366 e. The van der Waals surface area contributed by atoms with E-state index in [0.29, 0.717) is 17.7 Å². The van der Waals surface area contributed by atoms with Gasteiger partial charge in [-0.2, -0.15) is 5.26 Å². The van der Waals surface area contributed by atoms with Gasteiger partial charge in [0.05, 0.1) is 22.9 Å². The van der Waals surface area contributed by atoms with Crippen LogP contribution in [0.2, 0.25) is 0 Å². The van der Waals surface area contributed by atoms with E-state index in [1.807, 2.05) is 16.7 Å². The summed E-state index contributed by atoms with van der Waals surface area (Å²) in [5, 5.41) is 19.9. The second-order valence-electron chi connectivity index (χ2n) is 5.96. The minimum absolute atomic E-state index is 0.104. The molecular formula is C19H15N5O3. The minimum atomic E-state index is -0.641. The van der Waals surface area contributed by atoms with Crippen LogP contribution in [0.5, 0.6) is 0 Å². The fourth-order valence-electron chi connectivity index (χ4n) is 2.79. The van der Waals surface area contributed by atoms with Gasteiger partial charge in [-0.25, -0.2) is 4.98 Å². The fraction of sp³-hybridized carbons (Fsp3) is 0.105. The fourth-order valence-corrected chi connectivity index (χ4v) is 2.79. The maximum Gasteiger partial charge on any atom is 0.269 e. The van der Waals surface area contributed by atoms with Gasteiger partial charge < -0.3 is 10.3 Å². The van der Waals surface area contributed by atoms with Gasteiger partial charge in [-0.3, -0.25) is 14.9 Å². The van der Waals surface area contributed by atoms with Gasteiger partial charge in [0.1, 0.15) is 0 Å². The maximum absolute atomic E-state index is 11.7. The van der Waals surface area contributed by atoms with Crippen LogP contribution in [0.4, 0.5) is 5.69 Å². The number of aromatic nitrogens is 2. The molecule has 27 heavy (non-hydrogen) atoms. The van der Waals surface area contributed by atoms with Crippen LogP contribution in [-0.2, 0) is 13.0 Å². The van der Waals surface area contributed by atoms with Crippen molar-refractivity contribution in [1.29, 1.82) is 5.26 Å². The summed E-state index contributed by atoms with van der Waals surface area (Å²) in [6, 6.07) is 13.2. The number of primary amides is 1. The molecule has 3 rings (SSSR count). The van der Waals surface area contributed by atoms with E-state index in [-0.39, 0.29) is 17.7 Å². The van der Waals surface area contributed by atoms with Gasteiger partial charge in [-0.05, 0) is 29.3 Å². The van der Waals surface area contributed by atoms with Crippen LogP contribution in [0, 0.1) is 21.4 Å². The van der Waals surface area contributed by atoms with Gasteiger partial charge >= 0.3 is 0 Å². The van der Waals surface area contributed by atoms with Gasteiger partial charge in [-0.15, -0.1) is 0 Å². The zero-order chi connectivity index (χ0) is 19.4. The molecule has 8 nitrogen and oxygen atoms in total. The van der Waals surface area contributed by atoms with Crippen molar-refractivity contribution < 1.29 is 9.72 Å². The number of amides is 1. The summed E-state index contributed by atoms with van der Waals surface area (Å²) in [5.74, 6) is -0.641. The molecule has 3 aromatic rings. The van der Waals surface area contributed by atoms with E-state index < -0.39 is 10.8 Å². The molecule has 2 N–H and O–H groups in total. The van der Waals surface area contributed by atoms with Crippen molar-refractivity contribution in [3.63, 3.8) is 0 Å². The molecule has 0 radical (unpaired) electrons. The number of nitriles is 1. The average Bonchev–Trinajstić information content (AvgIpc) is 3.08. The summed E-state index contributed by atoms with van der Waals surface area (Å²) in [5.41, 5.74) is 8.34. The molecule has 0 aliphatic heterocycles. The number of nitrogens with two attached hydrogens (primary N) is 1. The molecule has 0 aliphatic carbocycles. The predicted octanol–water partition coefficient (Wildman–Crippen LogP) is 2.40. The third-order valence-electron chi connectivity index (χ3n) is 4.17. The topological polar surface area (TPSA) is 128 Å². The second-order valence-corrected chi connectivity index (χ2v) is 5.96. The average molecular weight is 361 g/mol. The van der Waals surface area contributed by atoms with E-state index in [1.54, 1.807) is 24.7 Å². The zero-order valence-corrected chi connectivity index (χ0v) is 14.2. The van der Waals surface area contributed by atoms with E-state index in [4.69, 9.17) is 11.0 Å². The summed E-state index contributed by atoms with van der Waals surface area (Å²) in [4.78, 5) is 26.3. The molecule has 0 saturated carbocycles.